The molecule has 8 unspecified atom stereocenters. The first-order valence-corrected chi connectivity index (χ1v) is 18.5. The summed E-state index contributed by atoms with van der Waals surface area (Å²) in [5.74, 6) is -3.98. The summed E-state index contributed by atoms with van der Waals surface area (Å²) >= 11 is 0. The Morgan fingerprint density at radius 1 is 1.08 bits per heavy atom. The zero-order chi connectivity index (χ0) is 40.1. The molecule has 0 aromatic heterocycles. The molecular weight excluding hydrogens is 678 g/mol. The van der Waals surface area contributed by atoms with Gasteiger partial charge in [-0.3, -0.25) is 9.59 Å². The number of rotatable bonds is 19. The van der Waals surface area contributed by atoms with Crippen molar-refractivity contribution < 1.29 is 63.5 Å². The summed E-state index contributed by atoms with van der Waals surface area (Å²) in [4.78, 5) is 28.3. The molecule has 2 fully saturated rings. The quantitative estimate of drug-likeness (QED) is 0.121. The lowest BCUT2D eigenvalue weighted by Crippen LogP contribution is -2.60. The molecule has 0 spiro atoms. The van der Waals surface area contributed by atoms with Crippen molar-refractivity contribution in [2.24, 2.45) is 17.8 Å². The summed E-state index contributed by atoms with van der Waals surface area (Å²) in [5, 5.41) is 53.8. The van der Waals surface area contributed by atoms with E-state index in [0.717, 1.165) is 0 Å². The molecule has 0 aromatic carbocycles. The SMILES string of the molecule is CC[C@@H](O)[C@@](C)(O)/C=C(\C)C(=O)[C@H](C)C[C@@](C)(OC)[C@H](OC1OC(C)CC(N(C)C)C1O)[C@@H](C)[C@H](OC1CC(C)(OC)C(O)C(C)O1)[C@@H](C)C(=O)O. The van der Waals surface area contributed by atoms with E-state index in [1.54, 1.807) is 48.5 Å². The van der Waals surface area contributed by atoms with Crippen molar-refractivity contribution in [1.82, 2.24) is 4.90 Å². The van der Waals surface area contributed by atoms with Gasteiger partial charge in [0.2, 0.25) is 0 Å². The average molecular weight is 748 g/mol. The molecule has 0 bridgehead atoms. The number of nitrogens with zero attached hydrogens (tertiary/aromatic N) is 1. The smallest absolute Gasteiger partial charge is 0.308 e. The number of aliphatic hydroxyl groups excluding tert-OH is 3. The van der Waals surface area contributed by atoms with E-state index >= 15 is 0 Å². The van der Waals surface area contributed by atoms with Gasteiger partial charge >= 0.3 is 5.97 Å². The van der Waals surface area contributed by atoms with Crippen molar-refractivity contribution in [3.63, 3.8) is 0 Å². The van der Waals surface area contributed by atoms with E-state index in [-0.39, 0.29) is 42.8 Å². The van der Waals surface area contributed by atoms with Gasteiger partial charge in [-0.2, -0.15) is 0 Å². The van der Waals surface area contributed by atoms with E-state index in [9.17, 15) is 35.1 Å². The van der Waals surface area contributed by atoms with Crippen LogP contribution in [0.4, 0.5) is 0 Å². The van der Waals surface area contributed by atoms with Gasteiger partial charge in [0, 0.05) is 38.5 Å². The van der Waals surface area contributed by atoms with E-state index in [4.69, 9.17) is 28.4 Å². The molecule has 2 aliphatic heterocycles. The van der Waals surface area contributed by atoms with Gasteiger partial charge in [-0.25, -0.2) is 0 Å². The molecule has 304 valence electrons. The maximum absolute atomic E-state index is 13.8. The van der Waals surface area contributed by atoms with Crippen molar-refractivity contribution >= 4 is 11.8 Å². The number of aliphatic carboxylic acids is 1. The average Bonchev–Trinajstić information content (AvgIpc) is 3.07. The van der Waals surface area contributed by atoms with Crippen LogP contribution in [-0.4, -0.2) is 149 Å². The fourth-order valence-corrected chi connectivity index (χ4v) is 7.83. The molecule has 2 saturated heterocycles. The number of carboxylic acids is 1. The molecule has 52 heavy (non-hydrogen) atoms. The van der Waals surface area contributed by atoms with Crippen molar-refractivity contribution in [3.05, 3.63) is 11.6 Å². The number of carboxylic acid groups (broad SMARTS) is 1. The molecule has 14 nitrogen and oxygen atoms in total. The Morgan fingerprint density at radius 3 is 2.17 bits per heavy atom. The lowest BCUT2D eigenvalue weighted by Gasteiger charge is -2.49. The van der Waals surface area contributed by atoms with Crippen LogP contribution in [0.5, 0.6) is 0 Å². The minimum Gasteiger partial charge on any atom is -0.481 e. The lowest BCUT2D eigenvalue weighted by atomic mass is 9.76. The van der Waals surface area contributed by atoms with E-state index < -0.39 is 89.7 Å². The monoisotopic (exact) mass is 747 g/mol. The molecule has 0 radical (unpaired) electrons. The number of likely N-dealkylation sites (N-methyl/N-ethyl adjacent to an activating group) is 1. The van der Waals surface area contributed by atoms with Gasteiger partial charge in [-0.15, -0.1) is 0 Å². The van der Waals surface area contributed by atoms with Crippen LogP contribution >= 0.6 is 0 Å². The fraction of sp³-hybridized carbons (Fsp3) is 0.895. The lowest BCUT2D eigenvalue weighted by molar-refractivity contribution is -0.319. The second kappa shape index (κ2) is 18.9. The number of hydrogen-bond donors (Lipinski definition) is 5. The number of hydrogen-bond acceptors (Lipinski definition) is 13. The first kappa shape index (κ1) is 46.6. The van der Waals surface area contributed by atoms with Crippen molar-refractivity contribution in [2.75, 3.05) is 28.3 Å². The minimum absolute atomic E-state index is 0.0789. The molecular formula is C38H69NO13. The largest absolute Gasteiger partial charge is 0.481 e. The molecule has 0 amide bonds. The number of carbonyl (C=O) groups excluding carboxylic acids is 1. The maximum Gasteiger partial charge on any atom is 0.308 e. The summed E-state index contributed by atoms with van der Waals surface area (Å²) < 4.78 is 37.3. The highest BCUT2D eigenvalue weighted by Crippen LogP contribution is 2.40. The summed E-state index contributed by atoms with van der Waals surface area (Å²) in [5.41, 5.74) is -3.70. The number of Topliss-reactive ketones (excluding diaryl/α,β-unsaturated/α-hetero) is 1. The van der Waals surface area contributed by atoms with Crippen LogP contribution < -0.4 is 0 Å². The Balaban J connectivity index is 2.64. The number of methoxy groups -OCH3 is 2. The van der Waals surface area contributed by atoms with Gasteiger partial charge in [0.05, 0.1) is 47.6 Å². The van der Waals surface area contributed by atoms with Gasteiger partial charge in [-0.1, -0.05) is 20.8 Å². The van der Waals surface area contributed by atoms with E-state index in [1.807, 2.05) is 25.9 Å². The number of aliphatic hydroxyl groups is 4. The van der Waals surface area contributed by atoms with Crippen molar-refractivity contribution in [1.29, 1.82) is 0 Å². The second-order valence-electron chi connectivity index (χ2n) is 16.1. The third-order valence-electron chi connectivity index (χ3n) is 11.4. The van der Waals surface area contributed by atoms with Crippen LogP contribution in [0, 0.1) is 17.8 Å². The summed E-state index contributed by atoms with van der Waals surface area (Å²) in [6.45, 7) is 16.8. The Bertz CT molecular complexity index is 1200. The molecule has 0 saturated carbocycles. The predicted octanol–water partition coefficient (Wildman–Crippen LogP) is 2.91. The molecule has 14 heteroatoms. The van der Waals surface area contributed by atoms with Crippen molar-refractivity contribution in [3.8, 4) is 0 Å². The summed E-state index contributed by atoms with van der Waals surface area (Å²) in [6.07, 6.45) is -5.89. The third kappa shape index (κ3) is 11.0. The van der Waals surface area contributed by atoms with Gasteiger partial charge in [0.15, 0.2) is 18.4 Å². The van der Waals surface area contributed by atoms with Crippen LogP contribution in [-0.2, 0) is 38.0 Å². The number of allylic oxidation sites excluding steroid dienone is 1. The topological polar surface area (TPSA) is 194 Å². The predicted molar refractivity (Wildman–Crippen MR) is 193 cm³/mol. The first-order chi connectivity index (χ1) is 23.9. The third-order valence-corrected chi connectivity index (χ3v) is 11.4. The van der Waals surface area contributed by atoms with Crippen LogP contribution in [0.1, 0.15) is 94.9 Å². The molecule has 16 atom stereocenters. The molecule has 2 rings (SSSR count). The highest BCUT2D eigenvalue weighted by atomic mass is 16.7. The molecule has 0 aliphatic carbocycles. The first-order valence-electron chi connectivity index (χ1n) is 18.5. The maximum atomic E-state index is 13.8. The zero-order valence-corrected chi connectivity index (χ0v) is 33.9. The zero-order valence-electron chi connectivity index (χ0n) is 33.9. The highest BCUT2D eigenvalue weighted by molar-refractivity contribution is 5.96. The second-order valence-corrected chi connectivity index (χ2v) is 16.1. The van der Waals surface area contributed by atoms with Gasteiger partial charge < -0.3 is 58.9 Å². The number of carbonyl (C=O) groups is 2. The Hall–Kier alpha value is -1.56. The van der Waals surface area contributed by atoms with E-state index in [1.165, 1.54) is 34.1 Å². The van der Waals surface area contributed by atoms with Crippen LogP contribution in [0.3, 0.4) is 0 Å². The number of ether oxygens (including phenoxy) is 6. The van der Waals surface area contributed by atoms with Crippen LogP contribution in [0.25, 0.3) is 0 Å². The normalized spacial score (nSPS) is 34.8. The Morgan fingerprint density at radius 2 is 1.67 bits per heavy atom. The van der Waals surface area contributed by atoms with Gasteiger partial charge in [0.1, 0.15) is 17.8 Å². The molecule has 5 N–H and O–H groups in total. The Labute approximate surface area is 310 Å². The van der Waals surface area contributed by atoms with E-state index in [2.05, 4.69) is 0 Å². The molecule has 0 aromatic rings. The Kier molecular flexibility index (Phi) is 16.9. The van der Waals surface area contributed by atoms with Gasteiger partial charge in [-0.05, 0) is 93.5 Å². The van der Waals surface area contributed by atoms with Crippen LogP contribution in [0.2, 0.25) is 0 Å². The van der Waals surface area contributed by atoms with Crippen molar-refractivity contribution in [2.45, 2.75) is 173 Å². The van der Waals surface area contributed by atoms with E-state index in [0.29, 0.717) is 6.42 Å². The van der Waals surface area contributed by atoms with Crippen LogP contribution in [0.15, 0.2) is 11.6 Å². The highest BCUT2D eigenvalue weighted by Gasteiger charge is 2.52. The minimum atomic E-state index is -1.63. The number of ketones is 1. The standard InChI is InChI=1S/C38H69NO13/c1-15-27(40)36(8,46)17-20(2)29(41)21(3)18-38(10,48-14)33(52-35-30(42)26(39(11)12)16-22(4)49-35)23(5)31(24(6)34(44)45)51-28-19-37(9,47-13)32(43)25(7)50-28/h17,21-28,30-33,35,40,42-43,46H,15-16,18-19H2,1-14H3,(H,44,45)/b20-17+/t21-,22?,23+,24-,25?,26?,27-,28?,30?,31+,32?,33-,35?,36+,37?,38-/m1/s1. The fourth-order valence-electron chi connectivity index (χ4n) is 7.83. The van der Waals surface area contributed by atoms with Gasteiger partial charge in [0.25, 0.3) is 0 Å². The summed E-state index contributed by atoms with van der Waals surface area (Å²) in [6, 6.07) is -0.307. The molecule has 2 aliphatic rings. The molecule has 2 heterocycles. The summed E-state index contributed by atoms with van der Waals surface area (Å²) in [7, 11) is 6.67.